The Morgan fingerprint density at radius 1 is 0.474 bits per heavy atom. The lowest BCUT2D eigenvalue weighted by atomic mass is 9.99. The summed E-state index contributed by atoms with van der Waals surface area (Å²) >= 11 is 0. The lowest BCUT2D eigenvalue weighted by molar-refractivity contribution is -0.302. The van der Waals surface area contributed by atoms with E-state index in [1.807, 2.05) is 6.08 Å². The van der Waals surface area contributed by atoms with Gasteiger partial charge in [0, 0.05) is 12.8 Å². The van der Waals surface area contributed by atoms with E-state index in [9.17, 15) is 35.1 Å². The highest BCUT2D eigenvalue weighted by molar-refractivity contribution is 5.76. The Balaban J connectivity index is 1.99. The van der Waals surface area contributed by atoms with Crippen LogP contribution < -0.4 is 5.32 Å². The van der Waals surface area contributed by atoms with E-state index in [1.165, 1.54) is 180 Å². The molecule has 1 rings (SSSR count). The van der Waals surface area contributed by atoms with Crippen LogP contribution in [0.15, 0.2) is 60.8 Å². The molecule has 78 heavy (non-hydrogen) atoms. The van der Waals surface area contributed by atoms with Crippen LogP contribution in [-0.2, 0) is 23.8 Å². The summed E-state index contributed by atoms with van der Waals surface area (Å²) in [6.45, 7) is 4.25. The molecule has 1 fully saturated rings. The van der Waals surface area contributed by atoms with Gasteiger partial charge in [0.2, 0.25) is 5.91 Å². The number of rotatable bonds is 56. The Kier molecular flexibility index (Phi) is 52.9. The second-order valence-corrected chi connectivity index (χ2v) is 22.5. The van der Waals surface area contributed by atoms with Crippen molar-refractivity contribution in [1.82, 2.24) is 5.32 Å². The lowest BCUT2D eigenvalue weighted by Crippen LogP contribution is -2.60. The molecule has 1 aliphatic heterocycles. The Morgan fingerprint density at radius 2 is 0.885 bits per heavy atom. The number of carbonyl (C=O) groups excluding carboxylic acids is 2. The first-order valence-corrected chi connectivity index (χ1v) is 32.6. The zero-order valence-electron chi connectivity index (χ0n) is 50.1. The molecule has 7 atom stereocenters. The molecule has 1 amide bonds. The van der Waals surface area contributed by atoms with Crippen LogP contribution in [0.4, 0.5) is 0 Å². The number of carbonyl (C=O) groups is 2. The van der Waals surface area contributed by atoms with E-state index >= 15 is 0 Å². The molecule has 1 saturated heterocycles. The van der Waals surface area contributed by atoms with E-state index in [1.54, 1.807) is 6.08 Å². The fraction of sp³-hybridized carbons (Fsp3) is 0.821. The topological polar surface area (TPSA) is 175 Å². The number of amides is 1. The number of hydrogen-bond donors (Lipinski definition) is 6. The second-order valence-electron chi connectivity index (χ2n) is 22.5. The van der Waals surface area contributed by atoms with Gasteiger partial charge in [-0.05, 0) is 89.9 Å². The standard InChI is InChI=1S/C67H121NO10/c1-3-5-7-9-11-13-15-31-35-39-43-47-51-55-63(72)76-56-52-48-44-40-36-33-30-28-26-24-22-20-18-16-17-19-21-23-25-27-29-32-34-38-42-46-50-54-62(71)68-59(58-77-67-66(75)65(74)64(73)61(57-69)78-67)60(70)53-49-45-41-37-14-12-10-8-6-4-2/h7,9,13,15-17,20,22,49,53,59-61,64-67,69-70,73-75H,3-6,8,10-12,14,18-19,21,23-48,50-52,54-58H2,1-2H3,(H,68,71)/b9-7-,15-13-,17-16-,22-20-,53-49+. The number of ether oxygens (including phenoxy) is 3. The van der Waals surface area contributed by atoms with Crippen molar-refractivity contribution in [2.45, 2.75) is 333 Å². The first-order chi connectivity index (χ1) is 38.2. The predicted molar refractivity (Wildman–Crippen MR) is 324 cm³/mol. The Hall–Kier alpha value is -2.64. The summed E-state index contributed by atoms with van der Waals surface area (Å²) in [6.07, 6.45) is 63.4. The van der Waals surface area contributed by atoms with Crippen molar-refractivity contribution in [1.29, 1.82) is 0 Å². The van der Waals surface area contributed by atoms with Crippen LogP contribution in [0.25, 0.3) is 0 Å². The van der Waals surface area contributed by atoms with E-state index in [4.69, 9.17) is 14.2 Å². The number of aliphatic hydroxyl groups excluding tert-OH is 5. The number of allylic oxidation sites excluding steroid dienone is 9. The minimum Gasteiger partial charge on any atom is -0.466 e. The molecule has 11 nitrogen and oxygen atoms in total. The average molecular weight is 1100 g/mol. The van der Waals surface area contributed by atoms with Gasteiger partial charge >= 0.3 is 5.97 Å². The van der Waals surface area contributed by atoms with Crippen LogP contribution in [0.5, 0.6) is 0 Å². The molecule has 0 aromatic carbocycles. The summed E-state index contributed by atoms with van der Waals surface area (Å²) in [5, 5.41) is 54.3. The Bertz CT molecular complexity index is 1480. The van der Waals surface area contributed by atoms with Crippen LogP contribution in [0.1, 0.15) is 290 Å². The van der Waals surface area contributed by atoms with Crippen LogP contribution in [0.3, 0.4) is 0 Å². The fourth-order valence-corrected chi connectivity index (χ4v) is 9.91. The van der Waals surface area contributed by atoms with E-state index < -0.39 is 49.5 Å². The quantitative estimate of drug-likeness (QED) is 0.0195. The third-order valence-electron chi connectivity index (χ3n) is 15.1. The SMILES string of the molecule is CCC/C=C\C/C=C\CCCCCCCC(=O)OCCCCCCCCCCC/C=C\C/C=C\CCCCCCCCCCCCCC(=O)NC(COC1OC(CO)C(O)C(O)C1O)C(O)/C=C/CCCCCCCCCC. The van der Waals surface area contributed by atoms with Crippen molar-refractivity contribution in [2.24, 2.45) is 0 Å². The monoisotopic (exact) mass is 1100 g/mol. The molecule has 0 aliphatic carbocycles. The maximum Gasteiger partial charge on any atom is 0.305 e. The highest BCUT2D eigenvalue weighted by Gasteiger charge is 2.44. The molecule has 1 aliphatic rings. The summed E-state index contributed by atoms with van der Waals surface area (Å²) in [5.41, 5.74) is 0. The molecule has 0 spiro atoms. The van der Waals surface area contributed by atoms with Gasteiger partial charge in [0.1, 0.15) is 24.4 Å². The maximum absolute atomic E-state index is 13.0. The van der Waals surface area contributed by atoms with Crippen molar-refractivity contribution in [3.05, 3.63) is 60.8 Å². The summed E-state index contributed by atoms with van der Waals surface area (Å²) in [4.78, 5) is 25.1. The Labute approximate surface area is 478 Å². The van der Waals surface area contributed by atoms with E-state index in [-0.39, 0.29) is 18.5 Å². The highest BCUT2D eigenvalue weighted by Crippen LogP contribution is 2.23. The number of aliphatic hydroxyl groups is 5. The molecular weight excluding hydrogens is 979 g/mol. The molecule has 0 radical (unpaired) electrons. The normalized spacial score (nSPS) is 18.9. The zero-order chi connectivity index (χ0) is 56.6. The first-order valence-electron chi connectivity index (χ1n) is 32.6. The van der Waals surface area contributed by atoms with Crippen molar-refractivity contribution < 1.29 is 49.3 Å². The van der Waals surface area contributed by atoms with Gasteiger partial charge < -0.3 is 45.1 Å². The van der Waals surface area contributed by atoms with Crippen molar-refractivity contribution in [3.8, 4) is 0 Å². The van der Waals surface area contributed by atoms with Gasteiger partial charge in [-0.2, -0.15) is 0 Å². The van der Waals surface area contributed by atoms with E-state index in [2.05, 4.69) is 67.8 Å². The van der Waals surface area contributed by atoms with E-state index in [0.717, 1.165) is 83.5 Å². The van der Waals surface area contributed by atoms with Gasteiger partial charge in [0.25, 0.3) is 0 Å². The summed E-state index contributed by atoms with van der Waals surface area (Å²) in [6, 6.07) is -0.812. The van der Waals surface area contributed by atoms with Gasteiger partial charge in [0.15, 0.2) is 6.29 Å². The van der Waals surface area contributed by atoms with Gasteiger partial charge in [-0.1, -0.05) is 248 Å². The highest BCUT2D eigenvalue weighted by atomic mass is 16.7. The number of esters is 1. The molecule has 0 aromatic heterocycles. The minimum absolute atomic E-state index is 0.0150. The van der Waals surface area contributed by atoms with Gasteiger partial charge in [-0.3, -0.25) is 9.59 Å². The molecule has 0 bridgehead atoms. The third-order valence-corrected chi connectivity index (χ3v) is 15.1. The lowest BCUT2D eigenvalue weighted by Gasteiger charge is -2.40. The summed E-state index contributed by atoms with van der Waals surface area (Å²) in [7, 11) is 0. The van der Waals surface area contributed by atoms with Crippen LogP contribution in [0, 0.1) is 0 Å². The summed E-state index contributed by atoms with van der Waals surface area (Å²) in [5.74, 6) is -0.202. The van der Waals surface area contributed by atoms with Crippen molar-refractivity contribution in [2.75, 3.05) is 19.8 Å². The average Bonchev–Trinajstić information content (AvgIpc) is 3.46. The van der Waals surface area contributed by atoms with E-state index in [0.29, 0.717) is 19.4 Å². The molecule has 454 valence electrons. The number of nitrogens with one attached hydrogen (secondary N) is 1. The molecule has 11 heteroatoms. The molecule has 0 aromatic rings. The number of unbranched alkanes of at least 4 members (excludes halogenated alkanes) is 34. The molecule has 7 unspecified atom stereocenters. The predicted octanol–water partition coefficient (Wildman–Crippen LogP) is 15.8. The summed E-state index contributed by atoms with van der Waals surface area (Å²) < 4.78 is 16.7. The molecule has 0 saturated carbocycles. The van der Waals surface area contributed by atoms with Gasteiger partial charge in [0.05, 0.1) is 32.0 Å². The zero-order valence-corrected chi connectivity index (χ0v) is 50.1. The smallest absolute Gasteiger partial charge is 0.305 e. The third kappa shape index (κ3) is 45.0. The second kappa shape index (κ2) is 56.2. The fourth-order valence-electron chi connectivity index (χ4n) is 9.91. The largest absolute Gasteiger partial charge is 0.466 e. The van der Waals surface area contributed by atoms with Crippen LogP contribution >= 0.6 is 0 Å². The van der Waals surface area contributed by atoms with Crippen LogP contribution in [0.2, 0.25) is 0 Å². The van der Waals surface area contributed by atoms with Gasteiger partial charge in [-0.25, -0.2) is 0 Å². The number of hydrogen-bond acceptors (Lipinski definition) is 10. The first kappa shape index (κ1) is 73.4. The van der Waals surface area contributed by atoms with Crippen LogP contribution in [-0.4, -0.2) is 100 Å². The molecular formula is C67H121NO10. The van der Waals surface area contributed by atoms with Crippen molar-refractivity contribution >= 4 is 11.9 Å². The Morgan fingerprint density at radius 3 is 1.35 bits per heavy atom. The molecule has 6 N–H and O–H groups in total. The van der Waals surface area contributed by atoms with Crippen molar-refractivity contribution in [3.63, 3.8) is 0 Å². The minimum atomic E-state index is -1.57. The van der Waals surface area contributed by atoms with Gasteiger partial charge in [-0.15, -0.1) is 0 Å². The maximum atomic E-state index is 13.0. The molecule has 1 heterocycles.